The summed E-state index contributed by atoms with van der Waals surface area (Å²) in [7, 11) is -3.80. The maximum absolute atomic E-state index is 12.8. The summed E-state index contributed by atoms with van der Waals surface area (Å²) in [6.45, 7) is 1.98. The lowest BCUT2D eigenvalue weighted by Crippen LogP contribution is -2.37. The molecule has 0 saturated carbocycles. The average Bonchev–Trinajstić information content (AvgIpc) is 2.78. The van der Waals surface area contributed by atoms with Crippen LogP contribution in [0.15, 0.2) is 83.8 Å². The summed E-state index contributed by atoms with van der Waals surface area (Å²) in [5.74, 6) is 0.236. The van der Waals surface area contributed by atoms with Crippen LogP contribution in [-0.4, -0.2) is 31.7 Å². The second-order valence-corrected chi connectivity index (χ2v) is 9.11. The van der Waals surface area contributed by atoms with Gasteiger partial charge >= 0.3 is 0 Å². The van der Waals surface area contributed by atoms with Crippen molar-refractivity contribution in [3.8, 4) is 5.75 Å². The van der Waals surface area contributed by atoms with E-state index in [4.69, 9.17) is 16.3 Å². The molecule has 0 spiro atoms. The van der Waals surface area contributed by atoms with E-state index in [9.17, 15) is 13.2 Å². The van der Waals surface area contributed by atoms with E-state index in [0.717, 1.165) is 9.87 Å². The van der Waals surface area contributed by atoms with Crippen molar-refractivity contribution in [2.24, 2.45) is 0 Å². The lowest BCUT2D eigenvalue weighted by molar-refractivity contribution is -0.116. The van der Waals surface area contributed by atoms with Crippen LogP contribution in [0.25, 0.3) is 0 Å². The summed E-state index contributed by atoms with van der Waals surface area (Å²) in [5.41, 5.74) is 1.61. The van der Waals surface area contributed by atoms with E-state index in [0.29, 0.717) is 23.1 Å². The topological polar surface area (TPSA) is 75.7 Å². The maximum atomic E-state index is 12.8. The Bertz CT molecular complexity index is 1100. The number of nitrogens with zero attached hydrogens (tertiary/aromatic N) is 1. The van der Waals surface area contributed by atoms with Crippen molar-refractivity contribution < 1.29 is 17.9 Å². The van der Waals surface area contributed by atoms with Gasteiger partial charge in [-0.2, -0.15) is 4.31 Å². The summed E-state index contributed by atoms with van der Waals surface area (Å²) >= 11 is 5.83. The van der Waals surface area contributed by atoms with Crippen molar-refractivity contribution in [3.63, 3.8) is 0 Å². The van der Waals surface area contributed by atoms with Crippen LogP contribution in [0, 0.1) is 0 Å². The highest BCUT2D eigenvalue weighted by Gasteiger charge is 2.25. The van der Waals surface area contributed by atoms with Gasteiger partial charge in [-0.25, -0.2) is 8.42 Å². The van der Waals surface area contributed by atoms with E-state index in [1.165, 1.54) is 24.3 Å². The molecule has 0 bridgehead atoms. The lowest BCUT2D eigenvalue weighted by Gasteiger charge is -2.20. The van der Waals surface area contributed by atoms with Crippen molar-refractivity contribution in [2.75, 3.05) is 18.4 Å². The molecular formula is C23H23ClN2O4S. The fraction of sp³-hybridized carbons (Fsp3) is 0.174. The predicted molar refractivity (Wildman–Crippen MR) is 122 cm³/mol. The quantitative estimate of drug-likeness (QED) is 0.509. The molecule has 162 valence electrons. The lowest BCUT2D eigenvalue weighted by atomic mass is 10.2. The van der Waals surface area contributed by atoms with Crippen molar-refractivity contribution >= 4 is 33.2 Å². The Labute approximate surface area is 187 Å². The van der Waals surface area contributed by atoms with E-state index in [1.54, 1.807) is 31.2 Å². The van der Waals surface area contributed by atoms with Gasteiger partial charge in [0.15, 0.2) is 0 Å². The smallest absolute Gasteiger partial charge is 0.243 e. The molecule has 3 aromatic rings. The highest BCUT2D eigenvalue weighted by atomic mass is 35.5. The normalized spacial score (nSPS) is 11.3. The molecule has 8 heteroatoms. The zero-order valence-corrected chi connectivity index (χ0v) is 18.6. The standard InChI is InChI=1S/C23H23ClN2O4S/c1-2-26(31(28,29)22-14-8-19(24)9-15-22)16-23(27)25-20-10-12-21(13-11-20)30-17-18-6-4-3-5-7-18/h3-15H,2,16-17H2,1H3,(H,25,27). The van der Waals surface area contributed by atoms with Crippen molar-refractivity contribution in [1.82, 2.24) is 4.31 Å². The first kappa shape index (κ1) is 22.8. The van der Waals surface area contributed by atoms with Crippen LogP contribution in [-0.2, 0) is 21.4 Å². The molecule has 0 radical (unpaired) electrons. The first-order valence-electron chi connectivity index (χ1n) is 9.71. The monoisotopic (exact) mass is 458 g/mol. The number of sulfonamides is 1. The summed E-state index contributed by atoms with van der Waals surface area (Å²) in [6, 6.07) is 22.6. The third-order valence-electron chi connectivity index (χ3n) is 4.51. The summed E-state index contributed by atoms with van der Waals surface area (Å²) in [6.07, 6.45) is 0. The number of hydrogen-bond donors (Lipinski definition) is 1. The Kier molecular flexibility index (Phi) is 7.68. The van der Waals surface area contributed by atoms with E-state index in [1.807, 2.05) is 30.3 Å². The van der Waals surface area contributed by atoms with Crippen LogP contribution >= 0.6 is 11.6 Å². The molecule has 0 heterocycles. The van der Waals surface area contributed by atoms with E-state index in [2.05, 4.69) is 5.32 Å². The van der Waals surface area contributed by atoms with E-state index in [-0.39, 0.29) is 18.0 Å². The Morgan fingerprint density at radius 3 is 2.23 bits per heavy atom. The zero-order valence-electron chi connectivity index (χ0n) is 17.0. The highest BCUT2D eigenvalue weighted by molar-refractivity contribution is 7.89. The molecule has 6 nitrogen and oxygen atoms in total. The zero-order chi connectivity index (χ0) is 22.3. The number of nitrogens with one attached hydrogen (secondary N) is 1. The third-order valence-corrected chi connectivity index (χ3v) is 6.70. The molecule has 0 aliphatic carbocycles. The van der Waals surface area contributed by atoms with Crippen LogP contribution in [0.5, 0.6) is 5.75 Å². The molecule has 0 aromatic heterocycles. The van der Waals surface area contributed by atoms with Gasteiger partial charge in [-0.15, -0.1) is 0 Å². The summed E-state index contributed by atoms with van der Waals surface area (Å²) < 4.78 is 32.4. The van der Waals surface area contributed by atoms with Crippen molar-refractivity contribution in [2.45, 2.75) is 18.4 Å². The van der Waals surface area contributed by atoms with Gasteiger partial charge in [-0.05, 0) is 54.1 Å². The molecule has 0 atom stereocenters. The van der Waals surface area contributed by atoms with Crippen LogP contribution in [0.1, 0.15) is 12.5 Å². The molecule has 3 rings (SSSR count). The highest BCUT2D eigenvalue weighted by Crippen LogP contribution is 2.20. The number of rotatable bonds is 9. The molecular weight excluding hydrogens is 436 g/mol. The van der Waals surface area contributed by atoms with E-state index >= 15 is 0 Å². The van der Waals surface area contributed by atoms with Crippen molar-refractivity contribution in [1.29, 1.82) is 0 Å². The van der Waals surface area contributed by atoms with Crippen LogP contribution in [0.4, 0.5) is 5.69 Å². The van der Waals surface area contributed by atoms with E-state index < -0.39 is 15.9 Å². The minimum Gasteiger partial charge on any atom is -0.489 e. The van der Waals surface area contributed by atoms with Gasteiger partial charge in [0.2, 0.25) is 15.9 Å². The van der Waals surface area contributed by atoms with Gasteiger partial charge in [0.25, 0.3) is 0 Å². The largest absolute Gasteiger partial charge is 0.489 e. The number of ether oxygens (including phenoxy) is 1. The molecule has 1 N–H and O–H groups in total. The SMILES string of the molecule is CCN(CC(=O)Nc1ccc(OCc2ccccc2)cc1)S(=O)(=O)c1ccc(Cl)cc1. The van der Waals surface area contributed by atoms with Gasteiger partial charge in [0, 0.05) is 17.3 Å². The van der Waals surface area contributed by atoms with Crippen LogP contribution in [0.2, 0.25) is 5.02 Å². The van der Waals surface area contributed by atoms with Crippen molar-refractivity contribution in [3.05, 3.63) is 89.4 Å². The molecule has 0 aliphatic rings. The van der Waals surface area contributed by atoms with Gasteiger partial charge in [0.05, 0.1) is 11.4 Å². The maximum Gasteiger partial charge on any atom is 0.243 e. The molecule has 0 aliphatic heterocycles. The Hall–Kier alpha value is -2.87. The molecule has 1 amide bonds. The number of carbonyl (C=O) groups excluding carboxylic acids is 1. The molecule has 0 unspecified atom stereocenters. The Balaban J connectivity index is 1.58. The first-order chi connectivity index (χ1) is 14.9. The van der Waals surface area contributed by atoms with Gasteiger partial charge < -0.3 is 10.1 Å². The number of halogens is 1. The minimum atomic E-state index is -3.80. The second kappa shape index (κ2) is 10.4. The summed E-state index contributed by atoms with van der Waals surface area (Å²) in [4.78, 5) is 12.5. The fourth-order valence-corrected chi connectivity index (χ4v) is 4.39. The molecule has 3 aromatic carbocycles. The molecule has 0 fully saturated rings. The average molecular weight is 459 g/mol. The summed E-state index contributed by atoms with van der Waals surface area (Å²) in [5, 5.41) is 3.16. The Morgan fingerprint density at radius 2 is 1.61 bits per heavy atom. The van der Waals surface area contributed by atoms with Crippen LogP contribution < -0.4 is 10.1 Å². The number of amides is 1. The molecule has 31 heavy (non-hydrogen) atoms. The Morgan fingerprint density at radius 1 is 0.968 bits per heavy atom. The van der Waals surface area contributed by atoms with Gasteiger partial charge in [0.1, 0.15) is 12.4 Å². The first-order valence-corrected chi connectivity index (χ1v) is 11.5. The van der Waals surface area contributed by atoms with Gasteiger partial charge in [-0.3, -0.25) is 4.79 Å². The number of benzene rings is 3. The number of hydrogen-bond acceptors (Lipinski definition) is 4. The minimum absolute atomic E-state index is 0.0893. The fourth-order valence-electron chi connectivity index (χ4n) is 2.86. The predicted octanol–water partition coefficient (Wildman–Crippen LogP) is 4.57. The second-order valence-electron chi connectivity index (χ2n) is 6.73. The third kappa shape index (κ3) is 6.30. The number of likely N-dealkylation sites (N-methyl/N-ethyl adjacent to an activating group) is 1. The molecule has 0 saturated heterocycles. The number of carbonyl (C=O) groups is 1. The number of anilines is 1. The van der Waals surface area contributed by atoms with Crippen LogP contribution in [0.3, 0.4) is 0 Å². The van der Waals surface area contributed by atoms with Gasteiger partial charge in [-0.1, -0.05) is 48.9 Å².